The van der Waals surface area contributed by atoms with Crippen molar-refractivity contribution >= 4 is 27.0 Å². The highest BCUT2D eigenvalue weighted by Gasteiger charge is 2.18. The molecule has 0 radical (unpaired) electrons. The van der Waals surface area contributed by atoms with Gasteiger partial charge in [-0.25, -0.2) is 4.39 Å². The fourth-order valence-corrected chi connectivity index (χ4v) is 2.28. The summed E-state index contributed by atoms with van der Waals surface area (Å²) in [5.74, 6) is -0.185. The minimum Gasteiger partial charge on any atom is -0.293 e. The van der Waals surface area contributed by atoms with E-state index in [1.807, 2.05) is 18.2 Å². The summed E-state index contributed by atoms with van der Waals surface area (Å²) >= 11 is 0. The first kappa shape index (κ1) is 20.0. The number of rotatable bonds is 4. The third kappa shape index (κ3) is 5.06. The van der Waals surface area contributed by atoms with Crippen LogP contribution in [0.1, 0.15) is 37.1 Å². The third-order valence-corrected chi connectivity index (χ3v) is 3.86. The summed E-state index contributed by atoms with van der Waals surface area (Å²) in [5, 5.41) is 0. The first-order valence-corrected chi connectivity index (χ1v) is 6.62. The van der Waals surface area contributed by atoms with Crippen molar-refractivity contribution < 1.29 is 4.39 Å². The standard InChI is InChI=1S/C17H20FN.2H2S/c1-13(15-7-5-4-6-8-15)19(3)14(2)16-9-11-17(18)12-10-16;;/h4-14H,1-3H3;2*1H2/t13-,14-;;/m0../s1. The fourth-order valence-electron chi connectivity index (χ4n) is 2.28. The number of hydrogen-bond donors (Lipinski definition) is 0. The zero-order valence-electron chi connectivity index (χ0n) is 12.7. The molecule has 0 aliphatic rings. The predicted molar refractivity (Wildman–Crippen MR) is 98.2 cm³/mol. The Labute approximate surface area is 141 Å². The Hall–Kier alpha value is -0.970. The number of nitrogens with zero attached hydrogens (tertiary/aromatic N) is 1. The van der Waals surface area contributed by atoms with E-state index in [0.29, 0.717) is 6.04 Å². The van der Waals surface area contributed by atoms with Crippen molar-refractivity contribution in [1.82, 2.24) is 4.90 Å². The Balaban J connectivity index is 0.00000200. The van der Waals surface area contributed by atoms with Crippen LogP contribution in [0.4, 0.5) is 4.39 Å². The highest BCUT2D eigenvalue weighted by atomic mass is 32.1. The normalized spacial score (nSPS) is 13.0. The maximum Gasteiger partial charge on any atom is 0.123 e. The van der Waals surface area contributed by atoms with Crippen LogP contribution in [-0.2, 0) is 0 Å². The lowest BCUT2D eigenvalue weighted by Gasteiger charge is -2.31. The summed E-state index contributed by atoms with van der Waals surface area (Å²) in [7, 11) is 2.10. The summed E-state index contributed by atoms with van der Waals surface area (Å²) in [5.41, 5.74) is 2.42. The highest BCUT2D eigenvalue weighted by molar-refractivity contribution is 7.59. The zero-order chi connectivity index (χ0) is 13.8. The molecule has 0 aliphatic heterocycles. The van der Waals surface area contributed by atoms with Crippen LogP contribution in [0.5, 0.6) is 0 Å². The second-order valence-electron chi connectivity index (χ2n) is 4.98. The second kappa shape index (κ2) is 9.13. The van der Waals surface area contributed by atoms with Crippen molar-refractivity contribution in [2.75, 3.05) is 7.05 Å². The molecule has 0 aromatic heterocycles. The number of hydrogen-bond acceptors (Lipinski definition) is 1. The quantitative estimate of drug-likeness (QED) is 0.780. The molecule has 2 aromatic carbocycles. The largest absolute Gasteiger partial charge is 0.293 e. The first-order chi connectivity index (χ1) is 9.09. The van der Waals surface area contributed by atoms with Crippen LogP contribution in [0.3, 0.4) is 0 Å². The minimum atomic E-state index is -0.185. The molecule has 2 aromatic rings. The molecular formula is C17H24FNS2. The molecule has 0 aliphatic carbocycles. The molecule has 0 spiro atoms. The lowest BCUT2D eigenvalue weighted by atomic mass is 10.0. The van der Waals surface area contributed by atoms with E-state index >= 15 is 0 Å². The van der Waals surface area contributed by atoms with Gasteiger partial charge < -0.3 is 0 Å². The van der Waals surface area contributed by atoms with Gasteiger partial charge in [0.25, 0.3) is 0 Å². The monoisotopic (exact) mass is 325 g/mol. The van der Waals surface area contributed by atoms with Gasteiger partial charge in [-0.05, 0) is 44.2 Å². The molecule has 0 bridgehead atoms. The molecule has 2 atom stereocenters. The lowest BCUT2D eigenvalue weighted by Crippen LogP contribution is -2.25. The van der Waals surface area contributed by atoms with Gasteiger partial charge in [0.1, 0.15) is 5.82 Å². The number of halogens is 1. The summed E-state index contributed by atoms with van der Waals surface area (Å²) in [6.07, 6.45) is 0. The smallest absolute Gasteiger partial charge is 0.123 e. The Bertz CT molecular complexity index is 516. The molecule has 0 saturated carbocycles. The predicted octanol–water partition coefficient (Wildman–Crippen LogP) is 4.81. The fraction of sp³-hybridized carbons (Fsp3) is 0.294. The Morgan fingerprint density at radius 3 is 1.67 bits per heavy atom. The molecule has 116 valence electrons. The van der Waals surface area contributed by atoms with Crippen LogP contribution in [0.15, 0.2) is 54.6 Å². The van der Waals surface area contributed by atoms with E-state index in [4.69, 9.17) is 0 Å². The van der Waals surface area contributed by atoms with Crippen LogP contribution >= 0.6 is 27.0 Å². The second-order valence-corrected chi connectivity index (χ2v) is 4.98. The van der Waals surface area contributed by atoms with Gasteiger partial charge in [-0.3, -0.25) is 4.90 Å². The van der Waals surface area contributed by atoms with Crippen LogP contribution in [0, 0.1) is 5.82 Å². The van der Waals surface area contributed by atoms with E-state index in [1.165, 1.54) is 17.7 Å². The molecular weight excluding hydrogens is 301 g/mol. The molecule has 4 heteroatoms. The molecule has 0 fully saturated rings. The van der Waals surface area contributed by atoms with Crippen molar-refractivity contribution in [3.05, 3.63) is 71.5 Å². The van der Waals surface area contributed by atoms with Gasteiger partial charge >= 0.3 is 0 Å². The van der Waals surface area contributed by atoms with Crippen LogP contribution < -0.4 is 0 Å². The van der Waals surface area contributed by atoms with E-state index in [9.17, 15) is 4.39 Å². The summed E-state index contributed by atoms with van der Waals surface area (Å²) in [6.45, 7) is 4.34. The summed E-state index contributed by atoms with van der Waals surface area (Å²) < 4.78 is 13.0. The van der Waals surface area contributed by atoms with Crippen molar-refractivity contribution in [1.29, 1.82) is 0 Å². The van der Waals surface area contributed by atoms with Gasteiger partial charge in [0, 0.05) is 12.1 Å². The van der Waals surface area contributed by atoms with Gasteiger partial charge in [-0.2, -0.15) is 27.0 Å². The molecule has 0 N–H and O–H groups in total. The van der Waals surface area contributed by atoms with Gasteiger partial charge in [0.2, 0.25) is 0 Å². The van der Waals surface area contributed by atoms with Gasteiger partial charge in [0.15, 0.2) is 0 Å². The number of benzene rings is 2. The summed E-state index contributed by atoms with van der Waals surface area (Å²) in [6, 6.07) is 17.7. The molecule has 0 amide bonds. The molecule has 0 heterocycles. The molecule has 21 heavy (non-hydrogen) atoms. The van der Waals surface area contributed by atoms with E-state index in [1.54, 1.807) is 0 Å². The maximum absolute atomic E-state index is 13.0. The van der Waals surface area contributed by atoms with Crippen molar-refractivity contribution in [3.63, 3.8) is 0 Å². The highest BCUT2D eigenvalue weighted by Crippen LogP contribution is 2.28. The molecule has 1 nitrogen and oxygen atoms in total. The van der Waals surface area contributed by atoms with E-state index in [2.05, 4.69) is 50.1 Å². The van der Waals surface area contributed by atoms with Gasteiger partial charge in [-0.15, -0.1) is 0 Å². The molecule has 0 saturated heterocycles. The maximum atomic E-state index is 13.0. The summed E-state index contributed by atoms with van der Waals surface area (Å²) in [4.78, 5) is 2.29. The van der Waals surface area contributed by atoms with Gasteiger partial charge in [0.05, 0.1) is 0 Å². The van der Waals surface area contributed by atoms with Crippen molar-refractivity contribution in [2.45, 2.75) is 25.9 Å². The van der Waals surface area contributed by atoms with Crippen LogP contribution in [0.25, 0.3) is 0 Å². The van der Waals surface area contributed by atoms with Crippen LogP contribution in [-0.4, -0.2) is 11.9 Å². The Kier molecular flexibility index (Phi) is 8.71. The Morgan fingerprint density at radius 1 is 0.762 bits per heavy atom. The van der Waals surface area contributed by atoms with Crippen molar-refractivity contribution in [3.8, 4) is 0 Å². The Morgan fingerprint density at radius 2 is 1.19 bits per heavy atom. The SMILES string of the molecule is C[C@@H](c1ccccc1)N(C)[C@@H](C)c1ccc(F)cc1.S.S. The average molecular weight is 326 g/mol. The van der Waals surface area contributed by atoms with Gasteiger partial charge in [-0.1, -0.05) is 42.5 Å². The lowest BCUT2D eigenvalue weighted by molar-refractivity contribution is 0.199. The van der Waals surface area contributed by atoms with Crippen molar-refractivity contribution in [2.24, 2.45) is 0 Å². The molecule has 0 unspecified atom stereocenters. The molecule has 2 rings (SSSR count). The first-order valence-electron chi connectivity index (χ1n) is 6.62. The van der Waals surface area contributed by atoms with E-state index < -0.39 is 0 Å². The van der Waals surface area contributed by atoms with E-state index in [-0.39, 0.29) is 38.9 Å². The topological polar surface area (TPSA) is 3.24 Å². The minimum absolute atomic E-state index is 0. The van der Waals surface area contributed by atoms with Crippen LogP contribution in [0.2, 0.25) is 0 Å². The zero-order valence-corrected chi connectivity index (χ0v) is 14.7. The van der Waals surface area contributed by atoms with E-state index in [0.717, 1.165) is 5.56 Å². The average Bonchev–Trinajstić information content (AvgIpc) is 2.46. The third-order valence-electron chi connectivity index (χ3n) is 3.86.